The van der Waals surface area contributed by atoms with E-state index in [1.807, 2.05) is 0 Å². The van der Waals surface area contributed by atoms with E-state index in [0.29, 0.717) is 32.6 Å². The summed E-state index contributed by atoms with van der Waals surface area (Å²) in [5.74, 6) is -1.70. The molecule has 0 aromatic heterocycles. The molecule has 0 aliphatic carbocycles. The van der Waals surface area contributed by atoms with Gasteiger partial charge in [0.15, 0.2) is 5.79 Å². The van der Waals surface area contributed by atoms with E-state index in [4.69, 9.17) is 15.2 Å². The summed E-state index contributed by atoms with van der Waals surface area (Å²) in [6, 6.07) is 3.53. The van der Waals surface area contributed by atoms with Crippen molar-refractivity contribution in [3.63, 3.8) is 0 Å². The maximum atomic E-state index is 13.9. The maximum Gasteiger partial charge on any atom is 0.246 e. The van der Waals surface area contributed by atoms with Crippen molar-refractivity contribution in [3.05, 3.63) is 24.0 Å². The summed E-state index contributed by atoms with van der Waals surface area (Å²) < 4.78 is 51.4. The Morgan fingerprint density at radius 2 is 2.00 bits per heavy atom. The van der Waals surface area contributed by atoms with E-state index in [2.05, 4.69) is 0 Å². The number of nitrogens with zero attached hydrogens (tertiary/aromatic N) is 1. The lowest BCUT2D eigenvalue weighted by Crippen LogP contribution is -2.51. The van der Waals surface area contributed by atoms with E-state index in [9.17, 15) is 12.8 Å². The number of benzene rings is 1. The van der Waals surface area contributed by atoms with Crippen molar-refractivity contribution in [3.8, 4) is 0 Å². The number of sulfonamides is 1. The fourth-order valence-corrected chi connectivity index (χ4v) is 4.36. The second kappa shape index (κ2) is 5.20. The van der Waals surface area contributed by atoms with Gasteiger partial charge in [0.1, 0.15) is 10.7 Å². The molecular weight excluding hydrogens is 299 g/mol. The summed E-state index contributed by atoms with van der Waals surface area (Å²) in [6.45, 7) is 1.27. The topological polar surface area (TPSA) is 81.9 Å². The summed E-state index contributed by atoms with van der Waals surface area (Å²) in [7, 11) is -3.96. The number of ether oxygens (including phenoxy) is 2. The summed E-state index contributed by atoms with van der Waals surface area (Å²) in [5, 5.41) is 0. The van der Waals surface area contributed by atoms with E-state index in [1.54, 1.807) is 0 Å². The molecule has 2 heterocycles. The molecule has 0 bridgehead atoms. The van der Waals surface area contributed by atoms with E-state index in [0.717, 1.165) is 12.1 Å². The molecule has 1 spiro atoms. The van der Waals surface area contributed by atoms with Crippen molar-refractivity contribution in [1.82, 2.24) is 4.31 Å². The van der Waals surface area contributed by atoms with Crippen LogP contribution in [0, 0.1) is 5.82 Å². The van der Waals surface area contributed by atoms with Crippen LogP contribution in [0.5, 0.6) is 0 Å². The minimum atomic E-state index is -3.96. The van der Waals surface area contributed by atoms with E-state index in [1.165, 1.54) is 10.4 Å². The highest BCUT2D eigenvalue weighted by molar-refractivity contribution is 7.89. The number of hydrogen-bond acceptors (Lipinski definition) is 5. The Balaban J connectivity index is 1.92. The summed E-state index contributed by atoms with van der Waals surface area (Å²) in [6.07, 6.45) is 1.24. The SMILES string of the molecule is Nc1ccc(F)c(S(=O)(=O)N2CCCC3(C2)OCCO3)c1. The van der Waals surface area contributed by atoms with Crippen LogP contribution in [0.4, 0.5) is 10.1 Å². The molecule has 2 aliphatic rings. The normalized spacial score (nSPS) is 22.7. The molecule has 2 aliphatic heterocycles. The zero-order valence-corrected chi connectivity index (χ0v) is 12.2. The molecule has 2 N–H and O–H groups in total. The second-order valence-corrected chi connectivity index (χ2v) is 7.15. The number of rotatable bonds is 2. The largest absolute Gasteiger partial charge is 0.399 e. The first-order valence-electron chi connectivity index (χ1n) is 6.76. The molecule has 1 aromatic carbocycles. The molecule has 3 rings (SSSR count). The summed E-state index contributed by atoms with van der Waals surface area (Å²) >= 11 is 0. The van der Waals surface area contributed by atoms with Crippen molar-refractivity contribution >= 4 is 15.7 Å². The first kappa shape index (κ1) is 14.7. The van der Waals surface area contributed by atoms with Gasteiger partial charge in [0.25, 0.3) is 0 Å². The molecule has 0 saturated carbocycles. The van der Waals surface area contributed by atoms with Crippen molar-refractivity contribution < 1.29 is 22.3 Å². The zero-order chi connectivity index (χ0) is 15.1. The van der Waals surface area contributed by atoms with E-state index < -0.39 is 26.5 Å². The number of hydrogen-bond donors (Lipinski definition) is 1. The quantitative estimate of drug-likeness (QED) is 0.821. The van der Waals surface area contributed by atoms with Crippen LogP contribution in [-0.4, -0.2) is 44.8 Å². The average Bonchev–Trinajstić information content (AvgIpc) is 2.89. The predicted octanol–water partition coefficient (Wildman–Crippen LogP) is 0.935. The zero-order valence-electron chi connectivity index (χ0n) is 11.4. The summed E-state index contributed by atoms with van der Waals surface area (Å²) in [4.78, 5) is -0.405. The number of piperidine rings is 1. The fourth-order valence-electron chi connectivity index (χ4n) is 2.75. The molecule has 0 unspecified atom stereocenters. The van der Waals surface area contributed by atoms with E-state index in [-0.39, 0.29) is 12.2 Å². The molecule has 21 heavy (non-hydrogen) atoms. The standard InChI is InChI=1S/C13H17FN2O4S/c14-11-3-2-10(15)8-12(11)21(17,18)16-5-1-4-13(9-16)19-6-7-20-13/h2-3,8H,1,4-7,9,15H2. The van der Waals surface area contributed by atoms with Crippen LogP contribution in [-0.2, 0) is 19.5 Å². The highest BCUT2D eigenvalue weighted by Crippen LogP contribution is 2.33. The Hall–Kier alpha value is -1.22. The molecule has 8 heteroatoms. The molecule has 0 amide bonds. The third-order valence-electron chi connectivity index (χ3n) is 3.77. The highest BCUT2D eigenvalue weighted by Gasteiger charge is 2.44. The van der Waals surface area contributed by atoms with Gasteiger partial charge in [-0.05, 0) is 24.6 Å². The Labute approximate surface area is 122 Å². The smallest absolute Gasteiger partial charge is 0.246 e. The molecule has 6 nitrogen and oxygen atoms in total. The monoisotopic (exact) mass is 316 g/mol. The van der Waals surface area contributed by atoms with Crippen LogP contribution < -0.4 is 5.73 Å². The Bertz CT molecular complexity index is 644. The van der Waals surface area contributed by atoms with Gasteiger partial charge in [-0.2, -0.15) is 4.31 Å². The van der Waals surface area contributed by atoms with Gasteiger partial charge >= 0.3 is 0 Å². The van der Waals surface area contributed by atoms with Gasteiger partial charge in [-0.25, -0.2) is 12.8 Å². The average molecular weight is 316 g/mol. The van der Waals surface area contributed by atoms with Gasteiger partial charge in [0.05, 0.1) is 19.8 Å². The molecule has 116 valence electrons. The van der Waals surface area contributed by atoms with Gasteiger partial charge in [-0.3, -0.25) is 0 Å². The van der Waals surface area contributed by atoms with Crippen LogP contribution in [0.1, 0.15) is 12.8 Å². The minimum Gasteiger partial charge on any atom is -0.399 e. The molecule has 1 aromatic rings. The van der Waals surface area contributed by atoms with Crippen molar-refractivity contribution in [2.24, 2.45) is 0 Å². The Kier molecular flexibility index (Phi) is 3.64. The lowest BCUT2D eigenvalue weighted by atomic mass is 10.1. The number of nitrogen functional groups attached to an aromatic ring is 1. The van der Waals surface area contributed by atoms with Crippen molar-refractivity contribution in [1.29, 1.82) is 0 Å². The predicted molar refractivity (Wildman–Crippen MR) is 73.4 cm³/mol. The lowest BCUT2D eigenvalue weighted by Gasteiger charge is -2.37. The second-order valence-electron chi connectivity index (χ2n) is 5.24. The van der Waals surface area contributed by atoms with Crippen molar-refractivity contribution in [2.45, 2.75) is 23.5 Å². The number of nitrogens with two attached hydrogens (primary N) is 1. The Morgan fingerprint density at radius 1 is 1.29 bits per heavy atom. The molecule has 2 saturated heterocycles. The summed E-state index contributed by atoms with van der Waals surface area (Å²) in [5.41, 5.74) is 5.77. The van der Waals surface area contributed by atoms with Crippen LogP contribution >= 0.6 is 0 Å². The molecule has 0 radical (unpaired) electrons. The first-order chi connectivity index (χ1) is 9.93. The van der Waals surface area contributed by atoms with E-state index >= 15 is 0 Å². The van der Waals surface area contributed by atoms with Crippen LogP contribution in [0.25, 0.3) is 0 Å². The number of halogens is 1. The van der Waals surface area contributed by atoms with Crippen LogP contribution in [0.2, 0.25) is 0 Å². The fraction of sp³-hybridized carbons (Fsp3) is 0.538. The van der Waals surface area contributed by atoms with Gasteiger partial charge < -0.3 is 15.2 Å². The lowest BCUT2D eigenvalue weighted by molar-refractivity contribution is -0.179. The first-order valence-corrected chi connectivity index (χ1v) is 8.20. The van der Waals surface area contributed by atoms with Gasteiger partial charge in [0, 0.05) is 18.7 Å². The third kappa shape index (κ3) is 2.64. The highest BCUT2D eigenvalue weighted by atomic mass is 32.2. The van der Waals surface area contributed by atoms with Gasteiger partial charge in [-0.15, -0.1) is 0 Å². The molecular formula is C13H17FN2O4S. The molecule has 0 atom stereocenters. The Morgan fingerprint density at radius 3 is 2.71 bits per heavy atom. The maximum absolute atomic E-state index is 13.9. The number of anilines is 1. The minimum absolute atomic E-state index is 0.0730. The van der Waals surface area contributed by atoms with Crippen molar-refractivity contribution in [2.75, 3.05) is 32.0 Å². The van der Waals surface area contributed by atoms with Gasteiger partial charge in [-0.1, -0.05) is 0 Å². The van der Waals surface area contributed by atoms with Gasteiger partial charge in [0.2, 0.25) is 10.0 Å². The third-order valence-corrected chi connectivity index (χ3v) is 5.63. The van der Waals surface area contributed by atoms with Crippen LogP contribution in [0.15, 0.2) is 23.1 Å². The van der Waals surface area contributed by atoms with Crippen LogP contribution in [0.3, 0.4) is 0 Å². The molecule has 2 fully saturated rings.